The van der Waals surface area contributed by atoms with Crippen LogP contribution in [-0.4, -0.2) is 33.8 Å². The summed E-state index contributed by atoms with van der Waals surface area (Å²) in [5.41, 5.74) is 1.25. The Labute approximate surface area is 170 Å². The van der Waals surface area contributed by atoms with Crippen molar-refractivity contribution >= 4 is 33.2 Å². The molecule has 2 aromatic rings. The zero-order valence-electron chi connectivity index (χ0n) is 15.9. The summed E-state index contributed by atoms with van der Waals surface area (Å²) in [5, 5.41) is 2.99. The Kier molecular flexibility index (Phi) is 7.53. The monoisotopic (exact) mass is 426 g/mol. The maximum absolute atomic E-state index is 12.5. The number of carbonyl (C=O) groups excluding carboxylic acids is 1. The van der Waals surface area contributed by atoms with Gasteiger partial charge in [0.15, 0.2) is 11.5 Å². The third kappa shape index (κ3) is 6.31. The van der Waals surface area contributed by atoms with Gasteiger partial charge in [-0.15, -0.1) is 0 Å². The van der Waals surface area contributed by atoms with Crippen LogP contribution in [0.1, 0.15) is 29.8 Å². The second-order valence-corrected chi connectivity index (χ2v) is 8.05. The number of benzene rings is 2. The van der Waals surface area contributed by atoms with Crippen LogP contribution in [0.2, 0.25) is 5.02 Å². The topological polar surface area (TPSA) is 93.7 Å². The molecule has 0 aliphatic rings. The van der Waals surface area contributed by atoms with Crippen LogP contribution in [0.3, 0.4) is 0 Å². The molecule has 0 bridgehead atoms. The number of ether oxygens (including phenoxy) is 2. The Bertz CT molecular complexity index is 947. The number of rotatable bonds is 9. The van der Waals surface area contributed by atoms with Crippen LogP contribution in [-0.2, 0) is 16.6 Å². The zero-order valence-corrected chi connectivity index (χ0v) is 17.5. The molecule has 28 heavy (non-hydrogen) atoms. The average molecular weight is 427 g/mol. The fourth-order valence-electron chi connectivity index (χ4n) is 2.46. The van der Waals surface area contributed by atoms with Crippen LogP contribution in [0, 0.1) is 0 Å². The summed E-state index contributed by atoms with van der Waals surface area (Å²) in [5.74, 6) is 0.824. The van der Waals surface area contributed by atoms with Crippen molar-refractivity contribution in [1.82, 2.24) is 5.32 Å². The minimum Gasteiger partial charge on any atom is -0.490 e. The predicted octanol–water partition coefficient (Wildman–Crippen LogP) is 3.44. The van der Waals surface area contributed by atoms with E-state index in [9.17, 15) is 13.2 Å². The van der Waals surface area contributed by atoms with Crippen molar-refractivity contribution in [3.63, 3.8) is 0 Å². The van der Waals surface area contributed by atoms with Crippen molar-refractivity contribution < 1.29 is 22.7 Å². The van der Waals surface area contributed by atoms with Gasteiger partial charge in [0.2, 0.25) is 10.0 Å². The largest absolute Gasteiger partial charge is 0.490 e. The highest BCUT2D eigenvalue weighted by Crippen LogP contribution is 2.28. The molecule has 0 saturated carbocycles. The number of anilines is 1. The SMILES string of the molecule is CCOc1ccc(CNC(=O)c2cc(NS(C)(=O)=O)ccc2Cl)cc1OCC. The van der Waals surface area contributed by atoms with Gasteiger partial charge in [-0.3, -0.25) is 9.52 Å². The molecule has 0 heterocycles. The van der Waals surface area contributed by atoms with Gasteiger partial charge in [-0.2, -0.15) is 0 Å². The fraction of sp³-hybridized carbons (Fsp3) is 0.316. The van der Waals surface area contributed by atoms with Crippen LogP contribution in [0.4, 0.5) is 5.69 Å². The molecule has 2 N–H and O–H groups in total. The lowest BCUT2D eigenvalue weighted by molar-refractivity contribution is 0.0951. The van der Waals surface area contributed by atoms with Crippen molar-refractivity contribution in [3.05, 3.63) is 52.5 Å². The molecule has 0 aromatic heterocycles. The molecule has 0 aliphatic heterocycles. The molecule has 9 heteroatoms. The molecular weight excluding hydrogens is 404 g/mol. The lowest BCUT2D eigenvalue weighted by Crippen LogP contribution is -2.23. The van der Waals surface area contributed by atoms with Crippen LogP contribution < -0.4 is 19.5 Å². The third-order valence-electron chi connectivity index (χ3n) is 3.58. The Morgan fingerprint density at radius 2 is 1.71 bits per heavy atom. The van der Waals surface area contributed by atoms with Crippen molar-refractivity contribution in [2.24, 2.45) is 0 Å². The summed E-state index contributed by atoms with van der Waals surface area (Å²) < 4.78 is 36.2. The van der Waals surface area contributed by atoms with Gasteiger partial charge in [-0.05, 0) is 49.7 Å². The molecule has 0 saturated heterocycles. The number of hydrogen-bond acceptors (Lipinski definition) is 5. The van der Waals surface area contributed by atoms with Gasteiger partial charge in [0, 0.05) is 12.2 Å². The lowest BCUT2D eigenvalue weighted by atomic mass is 10.1. The maximum atomic E-state index is 12.5. The van der Waals surface area contributed by atoms with Crippen LogP contribution in [0.15, 0.2) is 36.4 Å². The zero-order chi connectivity index (χ0) is 20.7. The number of carbonyl (C=O) groups is 1. The number of hydrogen-bond donors (Lipinski definition) is 2. The van der Waals surface area contributed by atoms with Crippen molar-refractivity contribution in [3.8, 4) is 11.5 Å². The molecule has 2 aromatic carbocycles. The fourth-order valence-corrected chi connectivity index (χ4v) is 3.22. The van der Waals surface area contributed by atoms with Crippen molar-refractivity contribution in [1.29, 1.82) is 0 Å². The quantitative estimate of drug-likeness (QED) is 0.640. The van der Waals surface area contributed by atoms with E-state index >= 15 is 0 Å². The van der Waals surface area contributed by atoms with Gasteiger partial charge in [-0.25, -0.2) is 8.42 Å². The summed E-state index contributed by atoms with van der Waals surface area (Å²) in [4.78, 5) is 12.5. The summed E-state index contributed by atoms with van der Waals surface area (Å²) >= 11 is 6.09. The van der Waals surface area contributed by atoms with Gasteiger partial charge in [-0.1, -0.05) is 17.7 Å². The standard InChI is InChI=1S/C19H23ClN2O5S/c1-4-26-17-9-6-13(10-18(17)27-5-2)12-21-19(23)15-11-14(7-8-16(15)20)22-28(3,24)25/h6-11,22H,4-5,12H2,1-3H3,(H,21,23). The number of halogens is 1. The predicted molar refractivity (Wildman–Crippen MR) is 110 cm³/mol. The van der Waals surface area contributed by atoms with Gasteiger partial charge >= 0.3 is 0 Å². The highest BCUT2D eigenvalue weighted by atomic mass is 35.5. The van der Waals surface area contributed by atoms with E-state index in [0.717, 1.165) is 11.8 Å². The molecule has 152 valence electrons. The average Bonchev–Trinajstić information content (AvgIpc) is 2.62. The molecule has 1 amide bonds. The van der Waals surface area contributed by atoms with Gasteiger partial charge < -0.3 is 14.8 Å². The smallest absolute Gasteiger partial charge is 0.253 e. The second-order valence-electron chi connectivity index (χ2n) is 5.90. The molecular formula is C19H23ClN2O5S. The van der Waals surface area contributed by atoms with E-state index in [-0.39, 0.29) is 22.8 Å². The number of sulfonamides is 1. The molecule has 0 unspecified atom stereocenters. The normalized spacial score (nSPS) is 11.0. The molecule has 7 nitrogen and oxygen atoms in total. The first-order valence-corrected chi connectivity index (χ1v) is 10.9. The molecule has 0 aliphatic carbocycles. The Morgan fingerprint density at radius 3 is 2.36 bits per heavy atom. The van der Waals surface area contributed by atoms with E-state index < -0.39 is 15.9 Å². The number of nitrogens with one attached hydrogen (secondary N) is 2. The van der Waals surface area contributed by atoms with E-state index in [4.69, 9.17) is 21.1 Å². The highest BCUT2D eigenvalue weighted by Gasteiger charge is 2.13. The summed E-state index contributed by atoms with van der Waals surface area (Å²) in [6.45, 7) is 5.02. The maximum Gasteiger partial charge on any atom is 0.253 e. The summed E-state index contributed by atoms with van der Waals surface area (Å²) in [6, 6.07) is 9.77. The third-order valence-corrected chi connectivity index (χ3v) is 4.51. The van der Waals surface area contributed by atoms with E-state index in [1.807, 2.05) is 19.9 Å². The first-order valence-electron chi connectivity index (χ1n) is 8.67. The Morgan fingerprint density at radius 1 is 1.04 bits per heavy atom. The van der Waals surface area contributed by atoms with Gasteiger partial charge in [0.05, 0.1) is 30.1 Å². The first kappa shape index (κ1) is 21.8. The van der Waals surface area contributed by atoms with Crippen molar-refractivity contribution in [2.45, 2.75) is 20.4 Å². The minimum absolute atomic E-state index is 0.172. The number of amides is 1. The molecule has 0 spiro atoms. The van der Waals surface area contributed by atoms with E-state index in [1.165, 1.54) is 18.2 Å². The molecule has 0 fully saturated rings. The van der Waals surface area contributed by atoms with E-state index in [2.05, 4.69) is 10.0 Å². The van der Waals surface area contributed by atoms with Crippen LogP contribution >= 0.6 is 11.6 Å². The highest BCUT2D eigenvalue weighted by molar-refractivity contribution is 7.92. The Balaban J connectivity index is 2.13. The van der Waals surface area contributed by atoms with Gasteiger partial charge in [0.25, 0.3) is 5.91 Å². The minimum atomic E-state index is -3.46. The summed E-state index contributed by atoms with van der Waals surface area (Å²) in [6.07, 6.45) is 1.03. The van der Waals surface area contributed by atoms with Crippen LogP contribution in [0.25, 0.3) is 0 Å². The second kappa shape index (κ2) is 9.66. The molecule has 0 radical (unpaired) electrons. The molecule has 0 atom stereocenters. The Hall–Kier alpha value is -2.45. The van der Waals surface area contributed by atoms with Crippen LogP contribution in [0.5, 0.6) is 11.5 Å². The van der Waals surface area contributed by atoms with Gasteiger partial charge in [0.1, 0.15) is 0 Å². The van der Waals surface area contributed by atoms with Crippen molar-refractivity contribution in [2.75, 3.05) is 24.2 Å². The lowest BCUT2D eigenvalue weighted by Gasteiger charge is -2.13. The molecule has 2 rings (SSSR count). The summed E-state index contributed by atoms with van der Waals surface area (Å²) in [7, 11) is -3.46. The van der Waals surface area contributed by atoms with E-state index in [0.29, 0.717) is 24.7 Å². The van der Waals surface area contributed by atoms with E-state index in [1.54, 1.807) is 12.1 Å². The first-order chi connectivity index (χ1) is 13.2.